The Labute approximate surface area is 157 Å². The van der Waals surface area contributed by atoms with E-state index in [2.05, 4.69) is 20.1 Å². The lowest BCUT2D eigenvalue weighted by Gasteiger charge is -2.14. The lowest BCUT2D eigenvalue weighted by molar-refractivity contribution is -0.142. The molecule has 1 aliphatic carbocycles. The molecule has 0 saturated carbocycles. The normalized spacial score (nSPS) is 15.0. The standard InChI is InChI=1S/C18H17F3N6O/c19-18(20,21)15-11-4-1-2-6-13(11)27(26-15)9-14(28)25-16(22)12-8-24-17-10(12)5-3-7-23-17/h3,5,7-8H,1-2,4,6,9H2,(H,23,24)(H2,22,25,28). The summed E-state index contributed by atoms with van der Waals surface area (Å²) in [7, 11) is 0. The van der Waals surface area contributed by atoms with Gasteiger partial charge in [-0.15, -0.1) is 0 Å². The summed E-state index contributed by atoms with van der Waals surface area (Å²) in [6, 6.07) is 3.50. The third-order valence-corrected chi connectivity index (χ3v) is 4.78. The highest BCUT2D eigenvalue weighted by molar-refractivity contribution is 6.11. The summed E-state index contributed by atoms with van der Waals surface area (Å²) < 4.78 is 40.9. The van der Waals surface area contributed by atoms with Crippen molar-refractivity contribution in [1.82, 2.24) is 19.7 Å². The lowest BCUT2D eigenvalue weighted by atomic mass is 9.95. The molecule has 10 heteroatoms. The Kier molecular flexibility index (Phi) is 4.40. The number of nitrogens with zero attached hydrogens (tertiary/aromatic N) is 4. The molecule has 3 aromatic heterocycles. The van der Waals surface area contributed by atoms with Crippen molar-refractivity contribution >= 4 is 22.8 Å². The number of amidine groups is 1. The Morgan fingerprint density at radius 1 is 1.32 bits per heavy atom. The maximum atomic E-state index is 13.3. The van der Waals surface area contributed by atoms with Crippen LogP contribution in [-0.2, 0) is 30.4 Å². The number of hydrogen-bond acceptors (Lipinski definition) is 3. The number of hydrogen-bond donors (Lipinski definition) is 2. The predicted molar refractivity (Wildman–Crippen MR) is 95.7 cm³/mol. The first-order valence-corrected chi connectivity index (χ1v) is 8.80. The average molecular weight is 390 g/mol. The van der Waals surface area contributed by atoms with Gasteiger partial charge in [0.2, 0.25) is 0 Å². The van der Waals surface area contributed by atoms with E-state index in [1.165, 1.54) is 0 Å². The SMILES string of the molecule is NC(=NC(=O)Cn1nc(C(F)(F)F)c2c1CCCC2)c1c[nH]c2ncccc12. The maximum Gasteiger partial charge on any atom is 0.435 e. The molecule has 1 aliphatic rings. The number of fused-ring (bicyclic) bond motifs is 2. The summed E-state index contributed by atoms with van der Waals surface area (Å²) in [5.74, 6) is -0.693. The highest BCUT2D eigenvalue weighted by Crippen LogP contribution is 2.35. The smallest absolute Gasteiger partial charge is 0.383 e. The third-order valence-electron chi connectivity index (χ3n) is 4.78. The van der Waals surface area contributed by atoms with Gasteiger partial charge in [-0.1, -0.05) is 0 Å². The largest absolute Gasteiger partial charge is 0.435 e. The zero-order chi connectivity index (χ0) is 19.9. The van der Waals surface area contributed by atoms with E-state index in [-0.39, 0.29) is 17.9 Å². The van der Waals surface area contributed by atoms with Crippen LogP contribution in [0.3, 0.4) is 0 Å². The topological polar surface area (TPSA) is 102 Å². The molecule has 0 atom stereocenters. The Balaban J connectivity index is 1.62. The van der Waals surface area contributed by atoms with Crippen LogP contribution in [0.4, 0.5) is 13.2 Å². The van der Waals surface area contributed by atoms with E-state index >= 15 is 0 Å². The first-order valence-electron chi connectivity index (χ1n) is 8.80. The number of pyridine rings is 1. The van der Waals surface area contributed by atoms with E-state index in [0.29, 0.717) is 41.6 Å². The number of nitrogens with one attached hydrogen (secondary N) is 1. The zero-order valence-electron chi connectivity index (χ0n) is 14.8. The van der Waals surface area contributed by atoms with Gasteiger partial charge in [-0.05, 0) is 37.8 Å². The molecule has 7 nitrogen and oxygen atoms in total. The van der Waals surface area contributed by atoms with Crippen molar-refractivity contribution in [2.75, 3.05) is 0 Å². The molecule has 0 radical (unpaired) electrons. The van der Waals surface area contributed by atoms with Crippen LogP contribution in [0.1, 0.15) is 35.4 Å². The summed E-state index contributed by atoms with van der Waals surface area (Å²) in [5, 5.41) is 4.37. The first kappa shape index (κ1) is 18.2. The fourth-order valence-electron chi connectivity index (χ4n) is 3.56. The van der Waals surface area contributed by atoms with Gasteiger partial charge in [-0.2, -0.15) is 23.3 Å². The molecule has 0 spiro atoms. The molecule has 3 heterocycles. The highest BCUT2D eigenvalue weighted by Gasteiger charge is 2.39. The second-order valence-electron chi connectivity index (χ2n) is 6.63. The maximum absolute atomic E-state index is 13.3. The van der Waals surface area contributed by atoms with Crippen LogP contribution >= 0.6 is 0 Å². The highest BCUT2D eigenvalue weighted by atomic mass is 19.4. The van der Waals surface area contributed by atoms with Gasteiger partial charge < -0.3 is 10.7 Å². The molecule has 4 rings (SSSR count). The van der Waals surface area contributed by atoms with Crippen LogP contribution in [0.25, 0.3) is 11.0 Å². The van der Waals surface area contributed by atoms with E-state index in [1.807, 2.05) is 0 Å². The molecule has 0 saturated heterocycles. The van der Waals surface area contributed by atoms with Crippen LogP contribution in [0, 0.1) is 0 Å². The minimum atomic E-state index is -4.55. The Morgan fingerprint density at radius 2 is 2.11 bits per heavy atom. The molecule has 28 heavy (non-hydrogen) atoms. The number of aromatic amines is 1. The summed E-state index contributed by atoms with van der Waals surface area (Å²) in [4.78, 5) is 23.3. The van der Waals surface area contributed by atoms with Gasteiger partial charge in [0.15, 0.2) is 5.69 Å². The van der Waals surface area contributed by atoms with Crippen LogP contribution in [0.2, 0.25) is 0 Å². The molecule has 0 unspecified atom stereocenters. The van der Waals surface area contributed by atoms with Gasteiger partial charge in [0.25, 0.3) is 5.91 Å². The van der Waals surface area contributed by atoms with Gasteiger partial charge in [0.1, 0.15) is 18.0 Å². The minimum absolute atomic E-state index is 0.0266. The van der Waals surface area contributed by atoms with Gasteiger partial charge in [0.05, 0.1) is 0 Å². The molecular weight excluding hydrogens is 373 g/mol. The number of amides is 1. The van der Waals surface area contributed by atoms with E-state index in [1.54, 1.807) is 24.5 Å². The predicted octanol–water partition coefficient (Wildman–Crippen LogP) is 2.59. The lowest BCUT2D eigenvalue weighted by Crippen LogP contribution is -2.19. The fourth-order valence-corrected chi connectivity index (χ4v) is 3.56. The number of alkyl halides is 3. The van der Waals surface area contributed by atoms with E-state index < -0.39 is 17.8 Å². The van der Waals surface area contributed by atoms with Crippen molar-refractivity contribution < 1.29 is 18.0 Å². The van der Waals surface area contributed by atoms with E-state index in [0.717, 1.165) is 11.1 Å². The molecule has 0 fully saturated rings. The van der Waals surface area contributed by atoms with Crippen LogP contribution in [0.15, 0.2) is 29.5 Å². The molecule has 0 aromatic carbocycles. The van der Waals surface area contributed by atoms with Gasteiger partial charge in [-0.3, -0.25) is 9.48 Å². The monoisotopic (exact) mass is 390 g/mol. The third kappa shape index (κ3) is 3.25. The molecule has 1 amide bonds. The van der Waals surface area contributed by atoms with Gasteiger partial charge in [-0.25, -0.2) is 4.98 Å². The molecule has 3 aromatic rings. The Morgan fingerprint density at radius 3 is 2.89 bits per heavy atom. The number of H-pyrrole nitrogens is 1. The van der Waals surface area contributed by atoms with Crippen molar-refractivity contribution in [3.63, 3.8) is 0 Å². The van der Waals surface area contributed by atoms with Crippen LogP contribution < -0.4 is 5.73 Å². The first-order chi connectivity index (χ1) is 13.3. The summed E-state index contributed by atoms with van der Waals surface area (Å²) in [5.41, 5.74) is 6.78. The number of carbonyl (C=O) groups is 1. The van der Waals surface area contributed by atoms with Crippen molar-refractivity contribution in [1.29, 1.82) is 0 Å². The Bertz CT molecular complexity index is 1080. The summed E-state index contributed by atoms with van der Waals surface area (Å²) >= 11 is 0. The summed E-state index contributed by atoms with van der Waals surface area (Å²) in [6.45, 7) is -0.389. The number of carbonyl (C=O) groups excluding carboxylic acids is 1. The quantitative estimate of drug-likeness (QED) is 0.530. The second kappa shape index (κ2) is 6.77. The zero-order valence-corrected chi connectivity index (χ0v) is 14.8. The fraction of sp³-hybridized carbons (Fsp3) is 0.333. The average Bonchev–Trinajstić information content (AvgIpc) is 3.23. The number of rotatable bonds is 3. The van der Waals surface area contributed by atoms with E-state index in [9.17, 15) is 18.0 Å². The second-order valence-corrected chi connectivity index (χ2v) is 6.63. The molecule has 3 N–H and O–H groups in total. The van der Waals surface area contributed by atoms with Gasteiger partial charge in [0, 0.05) is 34.6 Å². The van der Waals surface area contributed by atoms with Crippen molar-refractivity contribution in [2.45, 2.75) is 38.4 Å². The Hall–Kier alpha value is -3.17. The molecular formula is C18H17F3N6O. The van der Waals surface area contributed by atoms with Gasteiger partial charge >= 0.3 is 6.18 Å². The van der Waals surface area contributed by atoms with Crippen molar-refractivity contribution in [3.8, 4) is 0 Å². The number of aromatic nitrogens is 4. The van der Waals surface area contributed by atoms with Crippen molar-refractivity contribution in [2.24, 2.45) is 10.7 Å². The van der Waals surface area contributed by atoms with E-state index in [4.69, 9.17) is 5.73 Å². The number of nitrogens with two attached hydrogens (primary N) is 1. The number of halogens is 3. The summed E-state index contributed by atoms with van der Waals surface area (Å²) in [6.07, 6.45) is 0.856. The molecule has 0 aliphatic heterocycles. The van der Waals surface area contributed by atoms with Crippen molar-refractivity contribution in [3.05, 3.63) is 47.0 Å². The van der Waals surface area contributed by atoms with Crippen LogP contribution in [-0.4, -0.2) is 31.5 Å². The molecule has 0 bridgehead atoms. The number of aliphatic imine (C=N–C) groups is 1. The minimum Gasteiger partial charge on any atom is -0.383 e. The molecule has 146 valence electrons. The van der Waals surface area contributed by atoms with Crippen LogP contribution in [0.5, 0.6) is 0 Å².